The first-order valence-corrected chi connectivity index (χ1v) is 24.9. The number of aliphatic hydroxyl groups is 2. The third-order valence-electron chi connectivity index (χ3n) is 11.9. The molecule has 0 aliphatic carbocycles. The molecule has 396 valence electrons. The van der Waals surface area contributed by atoms with E-state index in [1.807, 2.05) is 109 Å². The number of fused-ring (bicyclic) bond motifs is 2. The topological polar surface area (TPSA) is 204 Å². The predicted molar refractivity (Wildman–Crippen MR) is 294 cm³/mol. The summed E-state index contributed by atoms with van der Waals surface area (Å²) in [6.45, 7) is 6.03. The van der Waals surface area contributed by atoms with Crippen LogP contribution in [-0.4, -0.2) is 169 Å². The molecule has 4 aromatic heterocycles. The number of aliphatic hydroxyl groups excluding tert-OH is 2. The molecule has 0 aliphatic rings. The molecule has 0 saturated carbocycles. The molecule has 0 fully saturated rings. The van der Waals surface area contributed by atoms with Crippen molar-refractivity contribution in [2.24, 2.45) is 0 Å². The van der Waals surface area contributed by atoms with Crippen LogP contribution in [0, 0.1) is 0 Å². The van der Waals surface area contributed by atoms with Gasteiger partial charge in [0, 0.05) is 114 Å². The SMILES string of the molecule is CNCC(O)COc1cccc(-c2nc(-c3cc4ccccc4o3)cc(N(CCOC)CCOC)n2)c1.CNCC(O)COc1cccc(-c2nc(-c3cccc4ncccc34)cc(N(CCOC)CCOC)n2)c1. The smallest absolute Gasteiger partial charge is 0.162 e. The van der Waals surface area contributed by atoms with E-state index in [2.05, 4.69) is 37.6 Å². The fourth-order valence-corrected chi connectivity index (χ4v) is 8.06. The lowest BCUT2D eigenvalue weighted by Crippen LogP contribution is -2.31. The average Bonchev–Trinajstić information content (AvgIpc) is 3.89. The Hall–Kier alpha value is -7.13. The summed E-state index contributed by atoms with van der Waals surface area (Å²) in [4.78, 5) is 28.5. The Morgan fingerprint density at radius 2 is 1.07 bits per heavy atom. The standard InChI is InChI=1S/C29H35N5O4.C28H34N4O5/c1-30-19-22(35)20-38-23-8-4-7-21(17-23)29-32-27(25-9-5-11-26-24(25)10-6-12-31-26)18-28(33-29)34(13-15-36-2)14-16-37-3;1-29-18-22(33)19-36-23-9-6-8-21(15-23)28-30-24(26-16-20-7-4-5-10-25(20)37-26)17-27(31-28)32(11-13-34-2)12-14-35-3/h4-12,17-18,22,30,35H,13-16,19-20H2,1-3H3;4-10,15-17,22,29,33H,11-14,18-19H2,1-3H3. The van der Waals surface area contributed by atoms with E-state index in [1.165, 1.54) is 0 Å². The third-order valence-corrected chi connectivity index (χ3v) is 11.9. The summed E-state index contributed by atoms with van der Waals surface area (Å²) < 4.78 is 39.2. The van der Waals surface area contributed by atoms with Crippen LogP contribution in [0.2, 0.25) is 0 Å². The highest BCUT2D eigenvalue weighted by atomic mass is 16.5. The van der Waals surface area contributed by atoms with Crippen LogP contribution < -0.4 is 29.9 Å². The van der Waals surface area contributed by atoms with E-state index in [0.29, 0.717) is 100 Å². The fourth-order valence-electron chi connectivity index (χ4n) is 8.06. The highest BCUT2D eigenvalue weighted by Crippen LogP contribution is 2.34. The minimum atomic E-state index is -0.608. The molecule has 0 radical (unpaired) electrons. The van der Waals surface area contributed by atoms with Gasteiger partial charge in [-0.3, -0.25) is 4.98 Å². The van der Waals surface area contributed by atoms with E-state index >= 15 is 0 Å². The maximum atomic E-state index is 10.0. The lowest BCUT2D eigenvalue weighted by molar-refractivity contribution is 0.108. The molecule has 75 heavy (non-hydrogen) atoms. The second-order valence-corrected chi connectivity index (χ2v) is 17.4. The van der Waals surface area contributed by atoms with Crippen molar-refractivity contribution in [3.05, 3.63) is 128 Å². The van der Waals surface area contributed by atoms with E-state index in [0.717, 1.165) is 55.9 Å². The molecule has 0 saturated heterocycles. The molecule has 8 rings (SSSR count). The van der Waals surface area contributed by atoms with Crippen LogP contribution >= 0.6 is 0 Å². The summed E-state index contributed by atoms with van der Waals surface area (Å²) in [6, 6.07) is 39.0. The van der Waals surface area contributed by atoms with E-state index in [1.54, 1.807) is 48.7 Å². The number of pyridine rings is 1. The normalized spacial score (nSPS) is 12.1. The fraction of sp³-hybridized carbons (Fsp3) is 0.351. The molecule has 0 spiro atoms. The summed E-state index contributed by atoms with van der Waals surface area (Å²) in [5.74, 6) is 4.54. The van der Waals surface area contributed by atoms with Gasteiger partial charge in [-0.25, -0.2) is 19.9 Å². The molecule has 18 nitrogen and oxygen atoms in total. The lowest BCUT2D eigenvalue weighted by atomic mass is 10.0. The number of hydrogen-bond acceptors (Lipinski definition) is 18. The Morgan fingerprint density at radius 3 is 1.60 bits per heavy atom. The number of rotatable bonds is 28. The first-order valence-electron chi connectivity index (χ1n) is 24.9. The lowest BCUT2D eigenvalue weighted by Gasteiger charge is -2.24. The minimum Gasteiger partial charge on any atom is -0.491 e. The Kier molecular flexibility index (Phi) is 21.6. The summed E-state index contributed by atoms with van der Waals surface area (Å²) in [5, 5.41) is 28.0. The Balaban J connectivity index is 0.000000219. The van der Waals surface area contributed by atoms with Gasteiger partial charge in [0.05, 0.1) is 37.6 Å². The molecule has 0 amide bonds. The van der Waals surface area contributed by atoms with Gasteiger partial charge in [-0.05, 0) is 62.6 Å². The number of furan rings is 1. The Labute approximate surface area is 438 Å². The van der Waals surface area contributed by atoms with Crippen molar-refractivity contribution in [2.45, 2.75) is 12.2 Å². The van der Waals surface area contributed by atoms with Gasteiger partial charge < -0.3 is 63.5 Å². The van der Waals surface area contributed by atoms with Gasteiger partial charge in [-0.15, -0.1) is 0 Å². The van der Waals surface area contributed by atoms with Gasteiger partial charge >= 0.3 is 0 Å². The van der Waals surface area contributed by atoms with Crippen LogP contribution in [0.1, 0.15) is 0 Å². The van der Waals surface area contributed by atoms with Crippen molar-refractivity contribution in [3.8, 4) is 57.0 Å². The molecular weight excluding hydrogens is 955 g/mol. The number of methoxy groups -OCH3 is 4. The average molecular weight is 1020 g/mol. The molecule has 18 heteroatoms. The van der Waals surface area contributed by atoms with E-state index in [4.69, 9.17) is 52.8 Å². The number of hydrogen-bond donors (Lipinski definition) is 4. The van der Waals surface area contributed by atoms with Crippen molar-refractivity contribution in [2.75, 3.05) is 131 Å². The zero-order valence-electron chi connectivity index (χ0n) is 43.6. The number of para-hydroxylation sites is 1. The number of likely N-dealkylation sites (N-methyl/N-ethyl adjacent to an activating group) is 2. The van der Waals surface area contributed by atoms with Crippen molar-refractivity contribution in [1.29, 1.82) is 0 Å². The van der Waals surface area contributed by atoms with Gasteiger partial charge in [0.2, 0.25) is 0 Å². The maximum Gasteiger partial charge on any atom is 0.162 e. The molecule has 2 unspecified atom stereocenters. The number of benzene rings is 4. The summed E-state index contributed by atoms with van der Waals surface area (Å²) in [6.07, 6.45) is 0.576. The van der Waals surface area contributed by atoms with E-state index in [9.17, 15) is 10.2 Å². The van der Waals surface area contributed by atoms with E-state index in [-0.39, 0.29) is 13.2 Å². The van der Waals surface area contributed by atoms with Gasteiger partial charge in [0.15, 0.2) is 17.4 Å². The predicted octanol–water partition coefficient (Wildman–Crippen LogP) is 7.03. The van der Waals surface area contributed by atoms with Crippen molar-refractivity contribution >= 4 is 33.5 Å². The second-order valence-electron chi connectivity index (χ2n) is 17.4. The van der Waals surface area contributed by atoms with Crippen molar-refractivity contribution in [1.82, 2.24) is 35.6 Å². The van der Waals surface area contributed by atoms with Crippen LogP contribution in [0.3, 0.4) is 0 Å². The zero-order valence-corrected chi connectivity index (χ0v) is 43.6. The van der Waals surface area contributed by atoms with Gasteiger partial charge in [-0.1, -0.05) is 60.7 Å². The monoisotopic (exact) mass is 1020 g/mol. The van der Waals surface area contributed by atoms with Crippen LogP contribution in [-0.2, 0) is 18.9 Å². The first kappa shape index (κ1) is 55.6. The zero-order chi connectivity index (χ0) is 52.8. The first-order chi connectivity index (χ1) is 36.7. The summed E-state index contributed by atoms with van der Waals surface area (Å²) in [5.41, 5.74) is 5.74. The number of anilines is 2. The van der Waals surface area contributed by atoms with Gasteiger partial charge in [-0.2, -0.15) is 0 Å². The maximum absolute atomic E-state index is 10.0. The van der Waals surface area contributed by atoms with Gasteiger partial charge in [0.25, 0.3) is 0 Å². The second kappa shape index (κ2) is 29.1. The number of nitrogens with one attached hydrogen (secondary N) is 2. The van der Waals surface area contributed by atoms with Crippen LogP contribution in [0.5, 0.6) is 11.5 Å². The molecule has 4 heterocycles. The van der Waals surface area contributed by atoms with Crippen molar-refractivity contribution < 1.29 is 43.1 Å². The van der Waals surface area contributed by atoms with Crippen molar-refractivity contribution in [3.63, 3.8) is 0 Å². The minimum absolute atomic E-state index is 0.178. The number of nitrogens with zero attached hydrogens (tertiary/aromatic N) is 7. The molecule has 0 bridgehead atoms. The summed E-state index contributed by atoms with van der Waals surface area (Å²) in [7, 11) is 10.3. The molecule has 2 atom stereocenters. The van der Waals surface area contributed by atoms with E-state index < -0.39 is 12.2 Å². The van der Waals surface area contributed by atoms with Crippen LogP contribution in [0.25, 0.3) is 67.4 Å². The molecular formula is C57H69N9O9. The number of ether oxygens (including phenoxy) is 6. The largest absolute Gasteiger partial charge is 0.491 e. The molecule has 4 N–H and O–H groups in total. The quantitative estimate of drug-likeness (QED) is 0.0389. The summed E-state index contributed by atoms with van der Waals surface area (Å²) >= 11 is 0. The molecule has 8 aromatic rings. The van der Waals surface area contributed by atoms with Gasteiger partial charge in [0.1, 0.15) is 59.8 Å². The highest BCUT2D eigenvalue weighted by Gasteiger charge is 2.19. The number of aromatic nitrogens is 5. The Morgan fingerprint density at radius 1 is 0.547 bits per heavy atom. The van der Waals surface area contributed by atoms with Crippen LogP contribution in [0.15, 0.2) is 132 Å². The third kappa shape index (κ3) is 15.9. The van der Waals surface area contributed by atoms with Crippen LogP contribution in [0.4, 0.5) is 11.6 Å². The highest BCUT2D eigenvalue weighted by molar-refractivity contribution is 5.94. The Bertz CT molecular complexity index is 2940. The molecule has 0 aliphatic heterocycles. The molecule has 4 aromatic carbocycles.